The number of pyridine rings is 2. The first-order valence-corrected chi connectivity index (χ1v) is 19.9. The van der Waals surface area contributed by atoms with Gasteiger partial charge in [0, 0.05) is 12.4 Å². The van der Waals surface area contributed by atoms with E-state index in [2.05, 4.69) is 125 Å². The summed E-state index contributed by atoms with van der Waals surface area (Å²) >= 11 is 1.36. The Morgan fingerprint density at radius 2 is 1.00 bits per heavy atom. The minimum atomic E-state index is 0. The van der Waals surface area contributed by atoms with Gasteiger partial charge in [0.2, 0.25) is 0 Å². The molecule has 254 valence electrons. The molecule has 0 aliphatic carbocycles. The Bertz CT molecular complexity index is 1800. The molecular formula is C43H46Cl2N2SiZr-4. The molecule has 2 heterocycles. The number of halogens is 2. The molecule has 0 atom stereocenters. The van der Waals surface area contributed by atoms with E-state index >= 15 is 0 Å². The Labute approximate surface area is 323 Å². The Morgan fingerprint density at radius 3 is 1.29 bits per heavy atom. The smallest absolute Gasteiger partial charge is 0.171 e. The van der Waals surface area contributed by atoms with Crippen LogP contribution in [-0.4, -0.2) is 16.8 Å². The third-order valence-electron chi connectivity index (χ3n) is 7.80. The van der Waals surface area contributed by atoms with E-state index in [9.17, 15) is 0 Å². The first-order valence-electron chi connectivity index (χ1n) is 15.7. The van der Waals surface area contributed by atoms with E-state index in [-0.39, 0.29) is 32.2 Å². The number of benzene rings is 3. The van der Waals surface area contributed by atoms with Crippen molar-refractivity contribution in [1.29, 1.82) is 0 Å². The van der Waals surface area contributed by atoms with Gasteiger partial charge in [-0.25, -0.2) is 0 Å². The van der Waals surface area contributed by atoms with Crippen LogP contribution in [0.2, 0.25) is 0 Å². The monoisotopic (exact) mass is 778 g/mol. The Balaban J connectivity index is 0.000000382. The molecule has 0 saturated carbocycles. The maximum absolute atomic E-state index is 4.51. The zero-order valence-electron chi connectivity index (χ0n) is 29.5. The van der Waals surface area contributed by atoms with Crippen LogP contribution in [-0.2, 0) is 23.3 Å². The molecule has 6 heteroatoms. The summed E-state index contributed by atoms with van der Waals surface area (Å²) in [6.07, 6.45) is 3.72. The van der Waals surface area contributed by atoms with Gasteiger partial charge in [0.25, 0.3) is 0 Å². The molecule has 0 spiro atoms. The maximum atomic E-state index is 4.51. The Kier molecular flexibility index (Phi) is 19.6. The molecule has 0 aliphatic heterocycles. The van der Waals surface area contributed by atoms with Crippen molar-refractivity contribution in [3.63, 3.8) is 0 Å². The second-order valence-electron chi connectivity index (χ2n) is 12.0. The van der Waals surface area contributed by atoms with E-state index in [0.29, 0.717) is 11.8 Å². The summed E-state index contributed by atoms with van der Waals surface area (Å²) in [4.78, 5) is 9.02. The second-order valence-corrected chi connectivity index (χ2v) is 12.0. The molecule has 0 N–H and O–H groups in total. The fourth-order valence-corrected chi connectivity index (χ4v) is 5.46. The Hall–Kier alpha value is -3.14. The van der Waals surface area contributed by atoms with Gasteiger partial charge in [-0.05, 0) is 47.2 Å². The summed E-state index contributed by atoms with van der Waals surface area (Å²) in [5.74, 6) is 1.06. The van der Waals surface area contributed by atoms with Gasteiger partial charge in [-0.1, -0.05) is 76.9 Å². The van der Waals surface area contributed by atoms with Gasteiger partial charge in [-0.15, -0.1) is 81.8 Å². The molecule has 0 unspecified atom stereocenters. The fraction of sp³-hybridized carbons (Fsp3) is 0.186. The van der Waals surface area contributed by atoms with Crippen LogP contribution in [0.15, 0.2) is 128 Å². The summed E-state index contributed by atoms with van der Waals surface area (Å²) in [5, 5.41) is 5.26. The van der Waals surface area contributed by atoms with Crippen LogP contribution in [0.4, 0.5) is 0 Å². The first kappa shape index (κ1) is 43.9. The van der Waals surface area contributed by atoms with E-state index < -0.39 is 0 Å². The summed E-state index contributed by atoms with van der Waals surface area (Å²) in [6, 6.07) is 42.9. The number of fused-ring (bicyclic) bond motifs is 2. The van der Waals surface area contributed by atoms with Crippen LogP contribution in [0.3, 0.4) is 0 Å². The van der Waals surface area contributed by atoms with E-state index in [1.807, 2.05) is 67.0 Å². The molecule has 2 nitrogen and oxygen atoms in total. The summed E-state index contributed by atoms with van der Waals surface area (Å²) in [6.45, 7) is 16.3. The molecule has 0 saturated heterocycles. The molecule has 5 aromatic carbocycles. The number of hydrogen-bond acceptors (Lipinski definition) is 2. The van der Waals surface area contributed by atoms with E-state index in [0.717, 1.165) is 11.4 Å². The summed E-state index contributed by atoms with van der Waals surface area (Å²) in [5.41, 5.74) is 9.98. The quantitative estimate of drug-likeness (QED) is 0.131. The van der Waals surface area contributed by atoms with Crippen molar-refractivity contribution < 1.29 is 23.3 Å². The van der Waals surface area contributed by atoms with Crippen molar-refractivity contribution in [1.82, 2.24) is 9.97 Å². The van der Waals surface area contributed by atoms with Crippen LogP contribution in [0.25, 0.3) is 44.1 Å². The second kappa shape index (κ2) is 21.8. The van der Waals surface area contributed by atoms with Gasteiger partial charge in [-0.2, -0.15) is 48.5 Å². The third-order valence-corrected chi connectivity index (χ3v) is 7.80. The van der Waals surface area contributed by atoms with Crippen molar-refractivity contribution in [3.8, 4) is 22.5 Å². The van der Waals surface area contributed by atoms with Crippen molar-refractivity contribution >= 4 is 53.2 Å². The third kappa shape index (κ3) is 12.0. The number of hydrogen-bond donors (Lipinski definition) is 0. The molecule has 7 rings (SSSR count). The van der Waals surface area contributed by atoms with Crippen LogP contribution < -0.4 is 0 Å². The molecule has 0 bridgehead atoms. The van der Waals surface area contributed by atoms with E-state index in [1.54, 1.807) is 0 Å². The van der Waals surface area contributed by atoms with Crippen molar-refractivity contribution in [2.45, 2.75) is 53.4 Å². The van der Waals surface area contributed by atoms with Crippen LogP contribution in [0.5, 0.6) is 0 Å². The topological polar surface area (TPSA) is 25.8 Å². The van der Waals surface area contributed by atoms with Gasteiger partial charge >= 0.3 is 30.2 Å². The molecule has 49 heavy (non-hydrogen) atoms. The van der Waals surface area contributed by atoms with Crippen molar-refractivity contribution in [2.75, 3.05) is 0 Å². The summed E-state index contributed by atoms with van der Waals surface area (Å²) in [7, 11) is 0. The number of aromatic nitrogens is 2. The molecule has 0 amide bonds. The molecule has 2 radical (unpaired) electrons. The van der Waals surface area contributed by atoms with Gasteiger partial charge in [0.15, 0.2) is 0 Å². The van der Waals surface area contributed by atoms with Crippen LogP contribution >= 0.6 is 24.8 Å². The van der Waals surface area contributed by atoms with Crippen molar-refractivity contribution in [2.24, 2.45) is 0 Å². The average molecular weight is 781 g/mol. The largest absolute Gasteiger partial charge is 0.184 e. The fourth-order valence-electron chi connectivity index (χ4n) is 5.46. The standard InChI is InChI=1S/2C18H18N.C6H5.CH3.2ClH.Si.Zr/c2*1-12(2)14-10-15-8-13(3)9-16(15)17(11-14)18-6-4-5-7-19-18;1-2-4-6-5-3-1;;;;;/h2*4-12H,1-3H3;1-5H;1H3;2*1H;;/q4*-1;;;;. The van der Waals surface area contributed by atoms with Crippen LogP contribution in [0.1, 0.15) is 61.8 Å². The zero-order valence-corrected chi connectivity index (χ0v) is 34.6. The SMILES string of the molecule is Cc1cc2c(-c3ccccn3)cc(C(C)C)cc2[cH-]1.Cc1cc2c(-c3ccccn3)cc(C(C)C)cc2[cH-]1.Cl.Cl.[CH3-].[Si]=[Zr].[c-]1ccccc1. The van der Waals surface area contributed by atoms with Gasteiger partial charge in [-0.3, -0.25) is 9.97 Å². The van der Waals surface area contributed by atoms with Crippen LogP contribution in [0, 0.1) is 27.3 Å². The Morgan fingerprint density at radius 1 is 0.592 bits per heavy atom. The van der Waals surface area contributed by atoms with Gasteiger partial charge in [0.05, 0.1) is 11.4 Å². The summed E-state index contributed by atoms with van der Waals surface area (Å²) < 4.78 is 0. The maximum Gasteiger partial charge on any atom is -0.171 e. The minimum Gasteiger partial charge on any atom is -0.184 e. The normalized spacial score (nSPS) is 9.86. The molecular weight excluding hydrogens is 735 g/mol. The molecule has 0 aliphatic rings. The minimum absolute atomic E-state index is 0. The number of aryl methyl sites for hydroxylation is 2. The molecule has 7 aromatic rings. The van der Waals surface area contributed by atoms with Gasteiger partial charge in [0.1, 0.15) is 0 Å². The number of nitrogens with zero attached hydrogens (tertiary/aromatic N) is 2. The first-order chi connectivity index (χ1) is 22.3. The molecule has 2 aromatic heterocycles. The predicted octanol–water partition coefficient (Wildman–Crippen LogP) is 12.5. The molecule has 0 fully saturated rings. The van der Waals surface area contributed by atoms with E-state index in [4.69, 9.17) is 0 Å². The van der Waals surface area contributed by atoms with E-state index in [1.165, 1.54) is 78.3 Å². The number of rotatable bonds is 4. The van der Waals surface area contributed by atoms with Crippen molar-refractivity contribution in [3.05, 3.63) is 163 Å². The van der Waals surface area contributed by atoms with Gasteiger partial charge < -0.3 is 7.43 Å². The predicted molar refractivity (Wildman–Crippen MR) is 215 cm³/mol. The zero-order chi connectivity index (χ0) is 33.1. The average Bonchev–Trinajstić information content (AvgIpc) is 3.67.